The number of anilines is 1. The smallest absolute Gasteiger partial charge is 0.307 e. The molecule has 0 amide bonds. The van der Waals surface area contributed by atoms with Crippen LogP contribution in [0.1, 0.15) is 13.3 Å². The van der Waals surface area contributed by atoms with E-state index in [-0.39, 0.29) is 18.2 Å². The zero-order valence-electron chi connectivity index (χ0n) is 9.57. The molecular weight excluding hydrogens is 209 g/mol. The first-order valence-electron chi connectivity index (χ1n) is 5.25. The number of hydrogen-bond acceptors (Lipinski definition) is 3. The van der Waals surface area contributed by atoms with Gasteiger partial charge in [0.05, 0.1) is 19.2 Å². The SMILES string of the molecule is CCN(CCC(=O)OC)c1ccccc1F. The summed E-state index contributed by atoms with van der Waals surface area (Å²) >= 11 is 0. The van der Waals surface area contributed by atoms with Gasteiger partial charge in [0.1, 0.15) is 5.82 Å². The van der Waals surface area contributed by atoms with E-state index >= 15 is 0 Å². The highest BCUT2D eigenvalue weighted by molar-refractivity contribution is 5.70. The molecule has 16 heavy (non-hydrogen) atoms. The largest absolute Gasteiger partial charge is 0.469 e. The highest BCUT2D eigenvalue weighted by Crippen LogP contribution is 2.18. The second kappa shape index (κ2) is 6.10. The molecule has 0 aliphatic rings. The van der Waals surface area contributed by atoms with Gasteiger partial charge in [-0.3, -0.25) is 4.79 Å². The van der Waals surface area contributed by atoms with E-state index < -0.39 is 0 Å². The number of ether oxygens (including phenoxy) is 1. The maximum absolute atomic E-state index is 13.5. The zero-order valence-corrected chi connectivity index (χ0v) is 9.57. The Morgan fingerprint density at radius 3 is 2.69 bits per heavy atom. The van der Waals surface area contributed by atoms with Crippen LogP contribution in [0.2, 0.25) is 0 Å². The molecule has 0 heterocycles. The van der Waals surface area contributed by atoms with E-state index in [0.29, 0.717) is 18.8 Å². The number of carbonyl (C=O) groups is 1. The molecule has 0 fully saturated rings. The fourth-order valence-corrected chi connectivity index (χ4v) is 1.49. The average molecular weight is 225 g/mol. The Hall–Kier alpha value is -1.58. The molecule has 88 valence electrons. The maximum atomic E-state index is 13.5. The van der Waals surface area contributed by atoms with Crippen LogP contribution < -0.4 is 4.90 Å². The number of halogens is 1. The fourth-order valence-electron chi connectivity index (χ4n) is 1.49. The Balaban J connectivity index is 2.68. The quantitative estimate of drug-likeness (QED) is 0.719. The molecule has 0 saturated carbocycles. The Kier molecular flexibility index (Phi) is 4.76. The lowest BCUT2D eigenvalue weighted by atomic mass is 10.2. The van der Waals surface area contributed by atoms with Crippen LogP contribution in [0.5, 0.6) is 0 Å². The van der Waals surface area contributed by atoms with Crippen molar-refractivity contribution >= 4 is 11.7 Å². The summed E-state index contributed by atoms with van der Waals surface area (Å²) < 4.78 is 18.0. The fraction of sp³-hybridized carbons (Fsp3) is 0.417. The van der Waals surface area contributed by atoms with Crippen molar-refractivity contribution in [1.82, 2.24) is 0 Å². The summed E-state index contributed by atoms with van der Waals surface area (Å²) in [4.78, 5) is 12.8. The van der Waals surface area contributed by atoms with Gasteiger partial charge in [-0.25, -0.2) is 4.39 Å². The van der Waals surface area contributed by atoms with E-state index in [0.717, 1.165) is 0 Å². The Bertz CT molecular complexity index is 355. The van der Waals surface area contributed by atoms with Crippen LogP contribution in [0.4, 0.5) is 10.1 Å². The van der Waals surface area contributed by atoms with Gasteiger partial charge in [0.2, 0.25) is 0 Å². The van der Waals surface area contributed by atoms with Crippen molar-refractivity contribution in [1.29, 1.82) is 0 Å². The van der Waals surface area contributed by atoms with Crippen LogP contribution in [0.25, 0.3) is 0 Å². The first-order valence-corrected chi connectivity index (χ1v) is 5.25. The maximum Gasteiger partial charge on any atom is 0.307 e. The Morgan fingerprint density at radius 1 is 1.44 bits per heavy atom. The van der Waals surface area contributed by atoms with Gasteiger partial charge in [-0.1, -0.05) is 12.1 Å². The second-order valence-corrected chi connectivity index (χ2v) is 3.36. The summed E-state index contributed by atoms with van der Waals surface area (Å²) in [6.07, 6.45) is 0.263. The lowest BCUT2D eigenvalue weighted by Gasteiger charge is -2.22. The molecule has 1 aromatic carbocycles. The number of para-hydroxylation sites is 1. The molecule has 3 nitrogen and oxygen atoms in total. The van der Waals surface area contributed by atoms with Crippen LogP contribution in [0.15, 0.2) is 24.3 Å². The van der Waals surface area contributed by atoms with E-state index in [1.165, 1.54) is 13.2 Å². The standard InChI is InChI=1S/C12H16FNO2/c1-3-14(9-8-12(15)16-2)11-7-5-4-6-10(11)13/h4-7H,3,8-9H2,1-2H3. The molecule has 0 radical (unpaired) electrons. The second-order valence-electron chi connectivity index (χ2n) is 3.36. The van der Waals surface area contributed by atoms with Gasteiger partial charge in [0.15, 0.2) is 0 Å². The summed E-state index contributed by atoms with van der Waals surface area (Å²) in [6, 6.07) is 6.54. The van der Waals surface area contributed by atoms with Gasteiger partial charge < -0.3 is 9.64 Å². The van der Waals surface area contributed by atoms with Gasteiger partial charge in [-0.15, -0.1) is 0 Å². The first kappa shape index (κ1) is 12.5. The van der Waals surface area contributed by atoms with Gasteiger partial charge in [0, 0.05) is 13.1 Å². The lowest BCUT2D eigenvalue weighted by molar-refractivity contribution is -0.140. The predicted octanol–water partition coefficient (Wildman–Crippen LogP) is 2.22. The molecule has 1 rings (SSSR count). The third-order valence-electron chi connectivity index (χ3n) is 2.39. The summed E-state index contributed by atoms with van der Waals surface area (Å²) in [5.74, 6) is -0.552. The van der Waals surface area contributed by atoms with Crippen LogP contribution in [0, 0.1) is 5.82 Å². The van der Waals surface area contributed by atoms with E-state index in [9.17, 15) is 9.18 Å². The lowest BCUT2D eigenvalue weighted by Crippen LogP contribution is -2.26. The monoisotopic (exact) mass is 225 g/mol. The molecule has 0 atom stereocenters. The Labute approximate surface area is 94.8 Å². The molecular formula is C12H16FNO2. The predicted molar refractivity (Wildman–Crippen MR) is 60.9 cm³/mol. The number of hydrogen-bond donors (Lipinski definition) is 0. The minimum absolute atomic E-state index is 0.263. The van der Waals surface area contributed by atoms with Crippen LogP contribution in [-0.4, -0.2) is 26.2 Å². The van der Waals surface area contributed by atoms with E-state index in [4.69, 9.17) is 0 Å². The molecule has 0 N–H and O–H groups in total. The number of esters is 1. The van der Waals surface area contributed by atoms with Crippen molar-refractivity contribution in [3.05, 3.63) is 30.1 Å². The molecule has 1 aromatic rings. The van der Waals surface area contributed by atoms with E-state index in [1.54, 1.807) is 18.2 Å². The summed E-state index contributed by atoms with van der Waals surface area (Å²) in [7, 11) is 1.35. The average Bonchev–Trinajstić information content (AvgIpc) is 2.31. The number of benzene rings is 1. The molecule has 0 aliphatic heterocycles. The summed E-state index contributed by atoms with van der Waals surface area (Å²) in [5.41, 5.74) is 0.522. The molecule has 0 aliphatic carbocycles. The number of carbonyl (C=O) groups excluding carboxylic acids is 1. The van der Waals surface area contributed by atoms with E-state index in [2.05, 4.69) is 4.74 Å². The summed E-state index contributed by atoms with van der Waals surface area (Å²) in [5, 5.41) is 0. The summed E-state index contributed by atoms with van der Waals surface area (Å²) in [6.45, 7) is 3.03. The third-order valence-corrected chi connectivity index (χ3v) is 2.39. The zero-order chi connectivity index (χ0) is 12.0. The van der Waals surface area contributed by atoms with Gasteiger partial charge in [-0.2, -0.15) is 0 Å². The number of rotatable bonds is 5. The van der Waals surface area contributed by atoms with Crippen molar-refractivity contribution < 1.29 is 13.9 Å². The van der Waals surface area contributed by atoms with Crippen molar-refractivity contribution in [2.24, 2.45) is 0 Å². The van der Waals surface area contributed by atoms with E-state index in [1.807, 2.05) is 11.8 Å². The normalized spacial score (nSPS) is 9.94. The van der Waals surface area contributed by atoms with Crippen molar-refractivity contribution in [2.75, 3.05) is 25.1 Å². The Morgan fingerprint density at radius 2 is 2.12 bits per heavy atom. The molecule has 0 saturated heterocycles. The van der Waals surface area contributed by atoms with Crippen molar-refractivity contribution in [2.45, 2.75) is 13.3 Å². The van der Waals surface area contributed by atoms with Crippen LogP contribution in [-0.2, 0) is 9.53 Å². The van der Waals surface area contributed by atoms with Crippen LogP contribution in [0.3, 0.4) is 0 Å². The molecule has 0 aromatic heterocycles. The van der Waals surface area contributed by atoms with Crippen LogP contribution >= 0.6 is 0 Å². The highest BCUT2D eigenvalue weighted by Gasteiger charge is 2.10. The molecule has 0 bridgehead atoms. The van der Waals surface area contributed by atoms with Gasteiger partial charge in [0.25, 0.3) is 0 Å². The van der Waals surface area contributed by atoms with Crippen molar-refractivity contribution in [3.63, 3.8) is 0 Å². The number of methoxy groups -OCH3 is 1. The minimum Gasteiger partial charge on any atom is -0.469 e. The molecule has 4 heteroatoms. The molecule has 0 spiro atoms. The topological polar surface area (TPSA) is 29.5 Å². The van der Waals surface area contributed by atoms with Gasteiger partial charge >= 0.3 is 5.97 Å². The van der Waals surface area contributed by atoms with Gasteiger partial charge in [-0.05, 0) is 19.1 Å². The number of nitrogens with zero attached hydrogens (tertiary/aromatic N) is 1. The molecule has 0 unspecified atom stereocenters. The van der Waals surface area contributed by atoms with Crippen molar-refractivity contribution in [3.8, 4) is 0 Å². The highest BCUT2D eigenvalue weighted by atomic mass is 19.1. The minimum atomic E-state index is -0.283. The third kappa shape index (κ3) is 3.22. The first-order chi connectivity index (χ1) is 7.69.